The van der Waals surface area contributed by atoms with Gasteiger partial charge in [-0.2, -0.15) is 0 Å². The first kappa shape index (κ1) is 11.9. The standard InChI is InChI=1S/C13H14BrNS2/c1-7-5-9(14)13(16-7)12(15)11-6-8-3-2-4-10(8)17-11/h5-6,12H,2-4,15H2,1H3. The first-order valence-electron chi connectivity index (χ1n) is 5.78. The first-order valence-corrected chi connectivity index (χ1v) is 8.20. The van der Waals surface area contributed by atoms with E-state index in [1.54, 1.807) is 16.2 Å². The van der Waals surface area contributed by atoms with Crippen LogP contribution in [0, 0.1) is 6.92 Å². The summed E-state index contributed by atoms with van der Waals surface area (Å²) in [4.78, 5) is 5.44. The monoisotopic (exact) mass is 327 g/mol. The van der Waals surface area contributed by atoms with Gasteiger partial charge < -0.3 is 5.73 Å². The summed E-state index contributed by atoms with van der Waals surface area (Å²) < 4.78 is 1.15. The minimum atomic E-state index is 0.0404. The third-order valence-electron chi connectivity index (χ3n) is 3.19. The van der Waals surface area contributed by atoms with Crippen molar-refractivity contribution in [2.45, 2.75) is 32.2 Å². The van der Waals surface area contributed by atoms with E-state index in [9.17, 15) is 0 Å². The summed E-state index contributed by atoms with van der Waals surface area (Å²) in [6, 6.07) is 4.51. The lowest BCUT2D eigenvalue weighted by molar-refractivity contribution is 0.893. The van der Waals surface area contributed by atoms with Gasteiger partial charge in [-0.05, 0) is 59.8 Å². The Balaban J connectivity index is 1.95. The smallest absolute Gasteiger partial charge is 0.0751 e. The van der Waals surface area contributed by atoms with E-state index in [-0.39, 0.29) is 6.04 Å². The lowest BCUT2D eigenvalue weighted by Gasteiger charge is -2.08. The molecule has 1 aliphatic rings. The van der Waals surface area contributed by atoms with Crippen LogP contribution in [0.25, 0.3) is 0 Å². The highest BCUT2D eigenvalue weighted by Gasteiger charge is 2.21. The van der Waals surface area contributed by atoms with Gasteiger partial charge in [0, 0.05) is 24.0 Å². The van der Waals surface area contributed by atoms with Gasteiger partial charge in [0.05, 0.1) is 6.04 Å². The lowest BCUT2D eigenvalue weighted by Crippen LogP contribution is -2.08. The molecule has 0 aromatic carbocycles. The third kappa shape index (κ3) is 2.12. The Morgan fingerprint density at radius 2 is 2.12 bits per heavy atom. The topological polar surface area (TPSA) is 26.0 Å². The van der Waals surface area contributed by atoms with Crippen LogP contribution in [0.1, 0.15) is 37.5 Å². The maximum atomic E-state index is 6.38. The fourth-order valence-corrected chi connectivity index (χ4v) is 5.61. The maximum absolute atomic E-state index is 6.38. The number of nitrogens with two attached hydrogens (primary N) is 1. The van der Waals surface area contributed by atoms with Crippen molar-refractivity contribution < 1.29 is 0 Å². The van der Waals surface area contributed by atoms with Crippen molar-refractivity contribution in [3.63, 3.8) is 0 Å². The van der Waals surface area contributed by atoms with Gasteiger partial charge in [0.15, 0.2) is 0 Å². The van der Waals surface area contributed by atoms with Crippen LogP contribution in [0.4, 0.5) is 0 Å². The van der Waals surface area contributed by atoms with E-state index >= 15 is 0 Å². The molecule has 2 heterocycles. The van der Waals surface area contributed by atoms with E-state index in [1.165, 1.54) is 39.5 Å². The fraction of sp³-hybridized carbons (Fsp3) is 0.385. The largest absolute Gasteiger partial charge is 0.319 e. The molecule has 17 heavy (non-hydrogen) atoms. The summed E-state index contributed by atoms with van der Waals surface area (Å²) in [6.45, 7) is 2.13. The Kier molecular flexibility index (Phi) is 3.15. The van der Waals surface area contributed by atoms with E-state index in [4.69, 9.17) is 5.73 Å². The normalized spacial score (nSPS) is 16.2. The van der Waals surface area contributed by atoms with Crippen molar-refractivity contribution in [2.75, 3.05) is 0 Å². The second-order valence-electron chi connectivity index (χ2n) is 4.50. The van der Waals surface area contributed by atoms with Crippen LogP contribution >= 0.6 is 38.6 Å². The van der Waals surface area contributed by atoms with Gasteiger partial charge >= 0.3 is 0 Å². The Bertz CT molecular complexity index is 534. The Labute approximate surface area is 118 Å². The summed E-state index contributed by atoms with van der Waals surface area (Å²) in [5, 5.41) is 0. The molecule has 1 nitrogen and oxygen atoms in total. The number of thiophene rings is 2. The average Bonchev–Trinajstić information content (AvgIpc) is 2.90. The van der Waals surface area contributed by atoms with Crippen molar-refractivity contribution in [3.05, 3.63) is 41.7 Å². The minimum Gasteiger partial charge on any atom is -0.319 e. The van der Waals surface area contributed by atoms with Crippen LogP contribution < -0.4 is 5.73 Å². The van der Waals surface area contributed by atoms with Gasteiger partial charge in [-0.1, -0.05) is 0 Å². The van der Waals surface area contributed by atoms with Crippen molar-refractivity contribution in [1.29, 1.82) is 0 Å². The highest BCUT2D eigenvalue weighted by atomic mass is 79.9. The van der Waals surface area contributed by atoms with E-state index in [1.807, 2.05) is 11.3 Å². The van der Waals surface area contributed by atoms with Crippen molar-refractivity contribution in [1.82, 2.24) is 0 Å². The quantitative estimate of drug-likeness (QED) is 0.868. The van der Waals surface area contributed by atoms with E-state index in [0.717, 1.165) is 4.47 Å². The summed E-state index contributed by atoms with van der Waals surface area (Å²) in [7, 11) is 0. The van der Waals surface area contributed by atoms with Crippen LogP contribution in [0.3, 0.4) is 0 Å². The molecule has 2 N–H and O–H groups in total. The predicted molar refractivity (Wildman–Crippen MR) is 79.1 cm³/mol. The second kappa shape index (κ2) is 4.50. The number of hydrogen-bond donors (Lipinski definition) is 1. The van der Waals surface area contributed by atoms with Gasteiger partial charge in [0.2, 0.25) is 0 Å². The van der Waals surface area contributed by atoms with E-state index < -0.39 is 0 Å². The molecule has 3 rings (SSSR count). The second-order valence-corrected chi connectivity index (χ2v) is 7.81. The molecule has 90 valence electrons. The zero-order valence-corrected chi connectivity index (χ0v) is 12.8. The number of rotatable bonds is 2. The molecule has 1 aliphatic carbocycles. The molecule has 0 saturated heterocycles. The minimum absolute atomic E-state index is 0.0404. The maximum Gasteiger partial charge on any atom is 0.0751 e. The molecule has 0 radical (unpaired) electrons. The number of halogens is 1. The van der Waals surface area contributed by atoms with Crippen molar-refractivity contribution in [3.8, 4) is 0 Å². The molecule has 0 fully saturated rings. The Hall–Kier alpha value is -0.160. The molecule has 2 aromatic rings. The molecule has 4 heteroatoms. The molecular weight excluding hydrogens is 314 g/mol. The van der Waals surface area contributed by atoms with Crippen molar-refractivity contribution in [2.24, 2.45) is 5.73 Å². The molecule has 2 aromatic heterocycles. The van der Waals surface area contributed by atoms with Gasteiger partial charge in [-0.15, -0.1) is 22.7 Å². The summed E-state index contributed by atoms with van der Waals surface area (Å²) in [5.41, 5.74) is 7.91. The van der Waals surface area contributed by atoms with Crippen LogP contribution in [-0.2, 0) is 12.8 Å². The lowest BCUT2D eigenvalue weighted by atomic mass is 10.2. The van der Waals surface area contributed by atoms with Gasteiger partial charge in [0.1, 0.15) is 0 Å². The van der Waals surface area contributed by atoms with Gasteiger partial charge in [0.25, 0.3) is 0 Å². The highest BCUT2D eigenvalue weighted by molar-refractivity contribution is 9.10. The molecule has 0 bridgehead atoms. The Morgan fingerprint density at radius 1 is 1.29 bits per heavy atom. The fourth-order valence-electron chi connectivity index (χ4n) is 2.35. The summed E-state index contributed by atoms with van der Waals surface area (Å²) in [6.07, 6.45) is 3.80. The van der Waals surface area contributed by atoms with Gasteiger partial charge in [-0.25, -0.2) is 0 Å². The van der Waals surface area contributed by atoms with E-state index in [0.29, 0.717) is 0 Å². The first-order chi connectivity index (χ1) is 8.15. The molecule has 0 aliphatic heterocycles. The molecular formula is C13H14BrNS2. The number of aryl methyl sites for hydroxylation is 3. The Morgan fingerprint density at radius 3 is 2.76 bits per heavy atom. The van der Waals surface area contributed by atoms with Crippen LogP contribution in [-0.4, -0.2) is 0 Å². The zero-order chi connectivity index (χ0) is 12.0. The predicted octanol–water partition coefficient (Wildman–Crippen LogP) is 4.42. The highest BCUT2D eigenvalue weighted by Crippen LogP contribution is 2.39. The SMILES string of the molecule is Cc1cc(Br)c(C(N)c2cc3c(s2)CCC3)s1. The van der Waals surface area contributed by atoms with Crippen LogP contribution in [0.2, 0.25) is 0 Å². The number of fused-ring (bicyclic) bond motifs is 1. The third-order valence-corrected chi connectivity index (χ3v) is 6.56. The van der Waals surface area contributed by atoms with E-state index in [2.05, 4.69) is 35.0 Å². The molecule has 0 amide bonds. The average molecular weight is 328 g/mol. The summed E-state index contributed by atoms with van der Waals surface area (Å²) in [5.74, 6) is 0. The van der Waals surface area contributed by atoms with Gasteiger partial charge in [-0.3, -0.25) is 0 Å². The zero-order valence-electron chi connectivity index (χ0n) is 9.63. The molecule has 1 unspecified atom stereocenters. The number of hydrogen-bond acceptors (Lipinski definition) is 3. The van der Waals surface area contributed by atoms with Crippen LogP contribution in [0.15, 0.2) is 16.6 Å². The van der Waals surface area contributed by atoms with Crippen LogP contribution in [0.5, 0.6) is 0 Å². The summed E-state index contributed by atoms with van der Waals surface area (Å²) >= 11 is 7.30. The molecule has 0 spiro atoms. The molecule has 1 atom stereocenters. The molecule has 0 saturated carbocycles. The van der Waals surface area contributed by atoms with Crippen molar-refractivity contribution >= 4 is 38.6 Å².